The molecule has 0 radical (unpaired) electrons. The predicted molar refractivity (Wildman–Crippen MR) is 58.0 cm³/mol. The van der Waals surface area contributed by atoms with E-state index in [0.717, 1.165) is 6.42 Å². The molecule has 3 N–H and O–H groups in total. The number of hydrogen-bond acceptors (Lipinski definition) is 4. The van der Waals surface area contributed by atoms with E-state index < -0.39 is 0 Å². The molecular weight excluding hydrogens is 176 g/mol. The molecule has 0 aromatic carbocycles. The van der Waals surface area contributed by atoms with Gasteiger partial charge in [0.25, 0.3) is 0 Å². The topological polar surface area (TPSA) is 63.8 Å². The summed E-state index contributed by atoms with van der Waals surface area (Å²) in [5, 5.41) is 3.28. The first-order valence-corrected chi connectivity index (χ1v) is 4.97. The van der Waals surface area contributed by atoms with E-state index in [2.05, 4.69) is 29.1 Å². The third kappa shape index (κ3) is 3.30. The number of nitrogens with two attached hydrogens (primary N) is 1. The van der Waals surface area contributed by atoms with Gasteiger partial charge in [-0.05, 0) is 24.9 Å². The predicted octanol–water partition coefficient (Wildman–Crippen LogP) is 1.26. The van der Waals surface area contributed by atoms with Crippen molar-refractivity contribution in [1.82, 2.24) is 9.97 Å². The molecule has 1 rings (SSSR count). The molecule has 0 bridgehead atoms. The van der Waals surface area contributed by atoms with Gasteiger partial charge >= 0.3 is 0 Å². The van der Waals surface area contributed by atoms with E-state index in [4.69, 9.17) is 5.73 Å². The quantitative estimate of drug-likeness (QED) is 0.740. The molecule has 1 unspecified atom stereocenters. The van der Waals surface area contributed by atoms with Gasteiger partial charge in [0.1, 0.15) is 0 Å². The number of nitrogens with zero attached hydrogens (tertiary/aromatic N) is 2. The number of nitrogens with one attached hydrogen (secondary N) is 1. The van der Waals surface area contributed by atoms with Gasteiger partial charge in [-0.25, -0.2) is 9.97 Å². The fourth-order valence-corrected chi connectivity index (χ4v) is 1.29. The van der Waals surface area contributed by atoms with Gasteiger partial charge in [-0.1, -0.05) is 13.8 Å². The van der Waals surface area contributed by atoms with Crippen LogP contribution in [-0.2, 0) is 0 Å². The van der Waals surface area contributed by atoms with Crippen LogP contribution in [0.5, 0.6) is 0 Å². The standard InChI is InChI=1S/C10H18N4/c1-8(2)9(4-5-11)14-10-12-6-3-7-13-10/h3,6-9H,4-5,11H2,1-2H3,(H,12,13,14). The molecule has 0 saturated carbocycles. The molecule has 0 spiro atoms. The average Bonchev–Trinajstić information content (AvgIpc) is 2.18. The summed E-state index contributed by atoms with van der Waals surface area (Å²) in [6.45, 7) is 5.01. The zero-order chi connectivity index (χ0) is 10.4. The molecule has 1 heterocycles. The Morgan fingerprint density at radius 2 is 2.00 bits per heavy atom. The lowest BCUT2D eigenvalue weighted by Gasteiger charge is -2.21. The van der Waals surface area contributed by atoms with Crippen LogP contribution in [0.3, 0.4) is 0 Å². The second-order valence-electron chi connectivity index (χ2n) is 3.64. The minimum atomic E-state index is 0.349. The van der Waals surface area contributed by atoms with Crippen LogP contribution >= 0.6 is 0 Å². The zero-order valence-corrected chi connectivity index (χ0v) is 8.77. The Hall–Kier alpha value is -1.16. The van der Waals surface area contributed by atoms with Gasteiger partial charge in [0.05, 0.1) is 0 Å². The lowest BCUT2D eigenvalue weighted by atomic mass is 10.0. The zero-order valence-electron chi connectivity index (χ0n) is 8.77. The highest BCUT2D eigenvalue weighted by atomic mass is 15.1. The number of aromatic nitrogens is 2. The summed E-state index contributed by atoms with van der Waals surface area (Å²) in [6, 6.07) is 2.15. The van der Waals surface area contributed by atoms with Crippen molar-refractivity contribution in [3.05, 3.63) is 18.5 Å². The highest BCUT2D eigenvalue weighted by Gasteiger charge is 2.12. The molecule has 0 saturated heterocycles. The number of rotatable bonds is 5. The Bertz CT molecular complexity index is 248. The van der Waals surface area contributed by atoms with Gasteiger partial charge in [0.2, 0.25) is 5.95 Å². The van der Waals surface area contributed by atoms with Crippen LogP contribution in [0.25, 0.3) is 0 Å². The molecule has 1 aromatic rings. The van der Waals surface area contributed by atoms with E-state index in [1.54, 1.807) is 18.5 Å². The summed E-state index contributed by atoms with van der Waals surface area (Å²) in [7, 11) is 0. The van der Waals surface area contributed by atoms with Gasteiger partial charge in [-0.15, -0.1) is 0 Å². The van der Waals surface area contributed by atoms with Crippen molar-refractivity contribution in [2.45, 2.75) is 26.3 Å². The van der Waals surface area contributed by atoms with Crippen LogP contribution in [-0.4, -0.2) is 22.6 Å². The van der Waals surface area contributed by atoms with E-state index in [1.807, 2.05) is 0 Å². The fourth-order valence-electron chi connectivity index (χ4n) is 1.29. The lowest BCUT2D eigenvalue weighted by molar-refractivity contribution is 0.496. The van der Waals surface area contributed by atoms with Crippen molar-refractivity contribution in [3.8, 4) is 0 Å². The van der Waals surface area contributed by atoms with Crippen molar-refractivity contribution < 1.29 is 0 Å². The van der Waals surface area contributed by atoms with Crippen molar-refractivity contribution >= 4 is 5.95 Å². The van der Waals surface area contributed by atoms with Gasteiger partial charge < -0.3 is 11.1 Å². The summed E-state index contributed by atoms with van der Waals surface area (Å²) in [4.78, 5) is 8.24. The molecule has 0 aliphatic heterocycles. The van der Waals surface area contributed by atoms with E-state index in [-0.39, 0.29) is 0 Å². The molecule has 0 aliphatic carbocycles. The number of anilines is 1. The third-order valence-corrected chi connectivity index (χ3v) is 2.16. The summed E-state index contributed by atoms with van der Waals surface area (Å²) >= 11 is 0. The van der Waals surface area contributed by atoms with Gasteiger partial charge in [-0.2, -0.15) is 0 Å². The highest BCUT2D eigenvalue weighted by molar-refractivity contribution is 5.24. The molecule has 0 fully saturated rings. The molecule has 78 valence electrons. The van der Waals surface area contributed by atoms with E-state index in [9.17, 15) is 0 Å². The third-order valence-electron chi connectivity index (χ3n) is 2.16. The van der Waals surface area contributed by atoms with Gasteiger partial charge in [0, 0.05) is 18.4 Å². The van der Waals surface area contributed by atoms with Crippen molar-refractivity contribution in [3.63, 3.8) is 0 Å². The Labute approximate surface area is 85.0 Å². The first kappa shape index (κ1) is 10.9. The van der Waals surface area contributed by atoms with Crippen LogP contribution in [0.2, 0.25) is 0 Å². The highest BCUT2D eigenvalue weighted by Crippen LogP contribution is 2.10. The maximum atomic E-state index is 5.54. The van der Waals surface area contributed by atoms with E-state index >= 15 is 0 Å². The van der Waals surface area contributed by atoms with Crippen LogP contribution in [0, 0.1) is 5.92 Å². The van der Waals surface area contributed by atoms with Crippen LogP contribution in [0.15, 0.2) is 18.5 Å². The van der Waals surface area contributed by atoms with Crippen LogP contribution in [0.1, 0.15) is 20.3 Å². The maximum Gasteiger partial charge on any atom is 0.222 e. The molecule has 4 nitrogen and oxygen atoms in total. The van der Waals surface area contributed by atoms with E-state index in [0.29, 0.717) is 24.5 Å². The Morgan fingerprint density at radius 3 is 2.50 bits per heavy atom. The fraction of sp³-hybridized carbons (Fsp3) is 0.600. The monoisotopic (exact) mass is 194 g/mol. The van der Waals surface area contributed by atoms with Gasteiger partial charge in [0.15, 0.2) is 0 Å². The Morgan fingerprint density at radius 1 is 1.36 bits per heavy atom. The Balaban J connectivity index is 2.55. The van der Waals surface area contributed by atoms with E-state index in [1.165, 1.54) is 0 Å². The van der Waals surface area contributed by atoms with Crippen molar-refractivity contribution in [1.29, 1.82) is 0 Å². The molecule has 14 heavy (non-hydrogen) atoms. The smallest absolute Gasteiger partial charge is 0.222 e. The van der Waals surface area contributed by atoms with Crippen molar-refractivity contribution in [2.24, 2.45) is 11.7 Å². The number of hydrogen-bond donors (Lipinski definition) is 2. The summed E-state index contributed by atoms with van der Waals surface area (Å²) < 4.78 is 0. The molecule has 0 aliphatic rings. The lowest BCUT2D eigenvalue weighted by Crippen LogP contribution is -2.29. The molecule has 1 aromatic heterocycles. The van der Waals surface area contributed by atoms with Crippen molar-refractivity contribution in [2.75, 3.05) is 11.9 Å². The van der Waals surface area contributed by atoms with Crippen LogP contribution in [0.4, 0.5) is 5.95 Å². The summed E-state index contributed by atoms with van der Waals surface area (Å²) in [6.07, 6.45) is 4.40. The minimum absolute atomic E-state index is 0.349. The first-order chi connectivity index (χ1) is 6.74. The van der Waals surface area contributed by atoms with Crippen LogP contribution < -0.4 is 11.1 Å². The molecular formula is C10H18N4. The molecule has 4 heteroatoms. The maximum absolute atomic E-state index is 5.54. The second kappa shape index (κ2) is 5.54. The summed E-state index contributed by atoms with van der Waals surface area (Å²) in [5.74, 6) is 1.21. The Kier molecular flexibility index (Phi) is 4.32. The minimum Gasteiger partial charge on any atom is -0.351 e. The largest absolute Gasteiger partial charge is 0.351 e. The van der Waals surface area contributed by atoms with Gasteiger partial charge in [-0.3, -0.25) is 0 Å². The molecule has 0 amide bonds. The average molecular weight is 194 g/mol. The summed E-state index contributed by atoms with van der Waals surface area (Å²) in [5.41, 5.74) is 5.54. The second-order valence-corrected chi connectivity index (χ2v) is 3.64. The first-order valence-electron chi connectivity index (χ1n) is 4.97. The normalized spacial score (nSPS) is 12.9. The SMILES string of the molecule is CC(C)C(CCN)Nc1ncccn1. The molecule has 1 atom stereocenters.